The Balaban J connectivity index is 1.68. The second-order valence-electron chi connectivity index (χ2n) is 6.39. The number of aromatic carboxylic acids is 1. The van der Waals surface area contributed by atoms with Crippen molar-refractivity contribution in [2.75, 3.05) is 31.2 Å². The fourth-order valence-corrected chi connectivity index (χ4v) is 4.01. The standard InChI is InChI=1S/C16H21ClN2O5/c17-11-7-10(15(22)23)9-18-14(11)19-3-1-16(2-4-19)12(21)8-13(16)24-6-5-20/h7,9,12-13,20-21H,1-6,8H2,(H,22,23)/t12-,13+/m1/s1. The van der Waals surface area contributed by atoms with Gasteiger partial charge in [0.1, 0.15) is 5.82 Å². The van der Waals surface area contributed by atoms with E-state index in [1.165, 1.54) is 12.3 Å². The molecule has 0 bridgehead atoms. The smallest absolute Gasteiger partial charge is 0.337 e. The van der Waals surface area contributed by atoms with Crippen LogP contribution in [0, 0.1) is 5.41 Å². The topological polar surface area (TPSA) is 103 Å². The third-order valence-corrected chi connectivity index (χ3v) is 5.49. The maximum atomic E-state index is 11.0. The van der Waals surface area contributed by atoms with Gasteiger partial charge in [0, 0.05) is 31.1 Å². The Morgan fingerprint density at radius 2 is 2.17 bits per heavy atom. The monoisotopic (exact) mass is 356 g/mol. The van der Waals surface area contributed by atoms with E-state index in [0.717, 1.165) is 12.8 Å². The van der Waals surface area contributed by atoms with Crippen molar-refractivity contribution < 1.29 is 24.9 Å². The van der Waals surface area contributed by atoms with Gasteiger partial charge >= 0.3 is 5.97 Å². The summed E-state index contributed by atoms with van der Waals surface area (Å²) in [7, 11) is 0. The first-order chi connectivity index (χ1) is 11.5. The molecule has 0 amide bonds. The SMILES string of the molecule is O=C(O)c1cnc(N2CCC3(CC2)[C@H](O)C[C@@H]3OCCO)c(Cl)c1. The summed E-state index contributed by atoms with van der Waals surface area (Å²) in [5.41, 5.74) is -0.205. The second-order valence-corrected chi connectivity index (χ2v) is 6.80. The van der Waals surface area contributed by atoms with Gasteiger partial charge in [-0.1, -0.05) is 11.6 Å². The molecule has 0 aromatic carbocycles. The summed E-state index contributed by atoms with van der Waals surface area (Å²) in [6, 6.07) is 1.40. The van der Waals surface area contributed by atoms with Gasteiger partial charge in [0.15, 0.2) is 0 Å². The Morgan fingerprint density at radius 3 is 2.71 bits per heavy atom. The van der Waals surface area contributed by atoms with Crippen LogP contribution in [0.2, 0.25) is 5.02 Å². The van der Waals surface area contributed by atoms with Crippen molar-refractivity contribution in [1.29, 1.82) is 0 Å². The van der Waals surface area contributed by atoms with Crippen molar-refractivity contribution in [2.24, 2.45) is 5.41 Å². The molecule has 2 atom stereocenters. The summed E-state index contributed by atoms with van der Waals surface area (Å²) in [5.74, 6) is -0.492. The summed E-state index contributed by atoms with van der Waals surface area (Å²) >= 11 is 6.18. The molecular weight excluding hydrogens is 336 g/mol. The summed E-state index contributed by atoms with van der Waals surface area (Å²) in [5, 5.41) is 28.4. The first-order valence-corrected chi connectivity index (χ1v) is 8.40. The van der Waals surface area contributed by atoms with E-state index < -0.39 is 5.97 Å². The fourth-order valence-electron chi connectivity index (χ4n) is 3.73. The van der Waals surface area contributed by atoms with E-state index in [-0.39, 0.29) is 36.4 Å². The number of carbonyl (C=O) groups is 1. The molecule has 3 N–H and O–H groups in total. The Hall–Kier alpha value is -1.41. The van der Waals surface area contributed by atoms with Crippen molar-refractivity contribution >= 4 is 23.4 Å². The number of aromatic nitrogens is 1. The highest BCUT2D eigenvalue weighted by Gasteiger charge is 2.56. The van der Waals surface area contributed by atoms with E-state index in [4.69, 9.17) is 26.6 Å². The number of carboxylic acids is 1. The largest absolute Gasteiger partial charge is 0.478 e. The minimum absolute atomic E-state index is 0.0236. The zero-order chi connectivity index (χ0) is 17.3. The maximum Gasteiger partial charge on any atom is 0.337 e. The molecule has 2 fully saturated rings. The zero-order valence-electron chi connectivity index (χ0n) is 13.2. The number of aliphatic hydroxyl groups is 2. The average molecular weight is 357 g/mol. The van der Waals surface area contributed by atoms with Crippen molar-refractivity contribution in [3.63, 3.8) is 0 Å². The number of nitrogens with zero attached hydrogens (tertiary/aromatic N) is 2. The van der Waals surface area contributed by atoms with Gasteiger partial charge in [-0.15, -0.1) is 0 Å². The average Bonchev–Trinajstić information content (AvgIpc) is 2.58. The molecule has 0 unspecified atom stereocenters. The van der Waals surface area contributed by atoms with Gasteiger partial charge in [0.25, 0.3) is 0 Å². The van der Waals surface area contributed by atoms with Crippen LogP contribution in [-0.4, -0.2) is 64.8 Å². The number of anilines is 1. The molecule has 0 radical (unpaired) electrons. The molecule has 1 aliphatic carbocycles. The van der Waals surface area contributed by atoms with Crippen LogP contribution in [0.3, 0.4) is 0 Å². The van der Waals surface area contributed by atoms with Crippen LogP contribution in [0.25, 0.3) is 0 Å². The minimum atomic E-state index is -1.06. The fraction of sp³-hybridized carbons (Fsp3) is 0.625. The Morgan fingerprint density at radius 1 is 1.46 bits per heavy atom. The molecule has 2 heterocycles. The molecule has 1 aliphatic heterocycles. The number of carboxylic acid groups (broad SMARTS) is 1. The maximum absolute atomic E-state index is 11.0. The van der Waals surface area contributed by atoms with Crippen molar-refractivity contribution in [1.82, 2.24) is 4.98 Å². The van der Waals surface area contributed by atoms with Gasteiger partial charge in [0.2, 0.25) is 0 Å². The summed E-state index contributed by atoms with van der Waals surface area (Å²) in [6.45, 7) is 1.58. The molecule has 1 saturated heterocycles. The third-order valence-electron chi connectivity index (χ3n) is 5.22. The highest BCUT2D eigenvalue weighted by Crippen LogP contribution is 2.51. The predicted octanol–water partition coefficient (Wildman–Crippen LogP) is 1.16. The molecule has 1 saturated carbocycles. The molecular formula is C16H21ClN2O5. The zero-order valence-corrected chi connectivity index (χ0v) is 13.9. The van der Waals surface area contributed by atoms with Gasteiger partial charge in [-0.25, -0.2) is 9.78 Å². The highest BCUT2D eigenvalue weighted by molar-refractivity contribution is 6.33. The van der Waals surface area contributed by atoms with Crippen LogP contribution in [0.5, 0.6) is 0 Å². The molecule has 7 nitrogen and oxygen atoms in total. The second kappa shape index (κ2) is 6.84. The van der Waals surface area contributed by atoms with Crippen molar-refractivity contribution in [3.05, 3.63) is 22.8 Å². The molecule has 24 heavy (non-hydrogen) atoms. The van der Waals surface area contributed by atoms with Crippen molar-refractivity contribution in [2.45, 2.75) is 31.5 Å². The first-order valence-electron chi connectivity index (χ1n) is 8.02. The molecule has 8 heteroatoms. The van der Waals surface area contributed by atoms with Crippen molar-refractivity contribution in [3.8, 4) is 0 Å². The van der Waals surface area contributed by atoms with Gasteiger partial charge < -0.3 is 25.0 Å². The van der Waals surface area contributed by atoms with Crippen LogP contribution < -0.4 is 4.90 Å². The van der Waals surface area contributed by atoms with E-state index >= 15 is 0 Å². The number of piperidine rings is 1. The van der Waals surface area contributed by atoms with Crippen LogP contribution in [0.1, 0.15) is 29.6 Å². The minimum Gasteiger partial charge on any atom is -0.478 e. The van der Waals surface area contributed by atoms with Gasteiger partial charge in [-0.3, -0.25) is 0 Å². The molecule has 1 aromatic heterocycles. The van der Waals surface area contributed by atoms with Crippen LogP contribution in [0.4, 0.5) is 5.82 Å². The molecule has 1 aromatic rings. The number of ether oxygens (including phenoxy) is 1. The molecule has 2 aliphatic rings. The van der Waals surface area contributed by atoms with E-state index in [1.54, 1.807) is 0 Å². The number of aliphatic hydroxyl groups excluding tert-OH is 2. The van der Waals surface area contributed by atoms with E-state index in [9.17, 15) is 9.90 Å². The molecule has 1 spiro atoms. The quantitative estimate of drug-likeness (QED) is 0.727. The van der Waals surface area contributed by atoms with Gasteiger partial charge in [0.05, 0.1) is 36.0 Å². The number of halogens is 1. The van der Waals surface area contributed by atoms with Gasteiger partial charge in [-0.05, 0) is 18.9 Å². The normalized spacial score (nSPS) is 25.5. The van der Waals surface area contributed by atoms with Gasteiger partial charge in [-0.2, -0.15) is 0 Å². The van der Waals surface area contributed by atoms with E-state index in [1.807, 2.05) is 4.90 Å². The van der Waals surface area contributed by atoms with Crippen LogP contribution >= 0.6 is 11.6 Å². The summed E-state index contributed by atoms with van der Waals surface area (Å²) in [6.07, 6.45) is 2.97. The number of pyridine rings is 1. The predicted molar refractivity (Wildman–Crippen MR) is 87.5 cm³/mol. The van der Waals surface area contributed by atoms with Crippen LogP contribution in [-0.2, 0) is 4.74 Å². The Labute approximate surface area is 144 Å². The first kappa shape index (κ1) is 17.4. The summed E-state index contributed by atoms with van der Waals surface area (Å²) < 4.78 is 5.66. The molecule has 3 rings (SSSR count). The lowest BCUT2D eigenvalue weighted by atomic mass is 9.58. The Bertz CT molecular complexity index is 618. The number of hydrogen-bond donors (Lipinski definition) is 3. The van der Waals surface area contributed by atoms with E-state index in [0.29, 0.717) is 30.4 Å². The third kappa shape index (κ3) is 2.97. The summed E-state index contributed by atoms with van der Waals surface area (Å²) in [4.78, 5) is 17.2. The lowest BCUT2D eigenvalue weighted by molar-refractivity contribution is -0.203. The Kier molecular flexibility index (Phi) is 4.96. The number of hydrogen-bond acceptors (Lipinski definition) is 6. The van der Waals surface area contributed by atoms with Crippen LogP contribution in [0.15, 0.2) is 12.3 Å². The highest BCUT2D eigenvalue weighted by atomic mass is 35.5. The van der Waals surface area contributed by atoms with E-state index in [2.05, 4.69) is 4.98 Å². The lowest BCUT2D eigenvalue weighted by Gasteiger charge is -2.56. The number of rotatable bonds is 5. The molecule has 132 valence electrons. The lowest BCUT2D eigenvalue weighted by Crippen LogP contribution is -2.62.